The van der Waals surface area contributed by atoms with Crippen LogP contribution in [0.15, 0.2) is 48.8 Å². The molecule has 0 atom stereocenters. The van der Waals surface area contributed by atoms with Gasteiger partial charge in [0.25, 0.3) is 0 Å². The van der Waals surface area contributed by atoms with Crippen molar-refractivity contribution in [1.82, 2.24) is 9.88 Å². The van der Waals surface area contributed by atoms with E-state index in [1.165, 1.54) is 5.56 Å². The van der Waals surface area contributed by atoms with E-state index in [0.29, 0.717) is 26.3 Å². The van der Waals surface area contributed by atoms with Gasteiger partial charge in [-0.15, -0.1) is 11.3 Å². The zero-order chi connectivity index (χ0) is 25.4. The van der Waals surface area contributed by atoms with Crippen LogP contribution in [-0.4, -0.2) is 62.9 Å². The molecule has 7 nitrogen and oxygen atoms in total. The molecule has 0 saturated heterocycles. The predicted octanol–water partition coefficient (Wildman–Crippen LogP) is 4.89. The van der Waals surface area contributed by atoms with Crippen molar-refractivity contribution in [2.45, 2.75) is 26.2 Å². The fraction of sp³-hybridized carbons (Fsp3) is 0.407. The lowest BCUT2D eigenvalue weighted by Crippen LogP contribution is -2.37. The van der Waals surface area contributed by atoms with Crippen molar-refractivity contribution >= 4 is 27.9 Å². The van der Waals surface area contributed by atoms with E-state index in [0.717, 1.165) is 32.3 Å². The van der Waals surface area contributed by atoms with Gasteiger partial charge < -0.3 is 20.5 Å². The Morgan fingerprint density at radius 1 is 1.06 bits per heavy atom. The van der Waals surface area contributed by atoms with E-state index in [4.69, 9.17) is 15.2 Å². The summed E-state index contributed by atoms with van der Waals surface area (Å²) >= 11 is 1.59. The Morgan fingerprint density at radius 2 is 1.71 bits per heavy atom. The molecular weight excluding hydrogens is 460 g/mol. The zero-order valence-electron chi connectivity index (χ0n) is 21.3. The number of hydrogen-bond acceptors (Lipinski definition) is 7. The number of anilines is 2. The predicted molar refractivity (Wildman–Crippen MR) is 145 cm³/mol. The van der Waals surface area contributed by atoms with Crippen LogP contribution in [0.2, 0.25) is 0 Å². The maximum Gasteiger partial charge on any atom is 0.238 e. The third-order valence-electron chi connectivity index (χ3n) is 5.65. The quantitative estimate of drug-likeness (QED) is 0.393. The molecule has 0 unspecified atom stereocenters. The van der Waals surface area contributed by atoms with Gasteiger partial charge in [0.1, 0.15) is 0 Å². The van der Waals surface area contributed by atoms with Crippen LogP contribution in [0.3, 0.4) is 0 Å². The van der Waals surface area contributed by atoms with Crippen LogP contribution in [-0.2, 0) is 19.7 Å². The third-order valence-corrected chi connectivity index (χ3v) is 6.72. The zero-order valence-corrected chi connectivity index (χ0v) is 22.1. The first-order valence-corrected chi connectivity index (χ1v) is 12.5. The molecule has 2 aromatic heterocycles. The summed E-state index contributed by atoms with van der Waals surface area (Å²) in [5, 5.41) is 3.80. The van der Waals surface area contributed by atoms with Crippen molar-refractivity contribution in [3.05, 3.63) is 54.4 Å². The van der Waals surface area contributed by atoms with Crippen LogP contribution in [0.1, 0.15) is 26.3 Å². The highest BCUT2D eigenvalue weighted by molar-refractivity contribution is 7.20. The van der Waals surface area contributed by atoms with Gasteiger partial charge in [-0.2, -0.15) is 0 Å². The lowest BCUT2D eigenvalue weighted by atomic mass is 9.81. The largest absolute Gasteiger partial charge is 0.390 e. The first kappa shape index (κ1) is 26.8. The number of thiophene rings is 1. The smallest absolute Gasteiger partial charge is 0.238 e. The molecule has 8 heteroatoms. The molecule has 188 valence electrons. The molecule has 0 fully saturated rings. The van der Waals surface area contributed by atoms with Gasteiger partial charge in [0.05, 0.1) is 24.8 Å². The first-order valence-electron chi connectivity index (χ1n) is 11.7. The lowest BCUT2D eigenvalue weighted by Gasteiger charge is -2.23. The minimum atomic E-state index is -0.134. The van der Waals surface area contributed by atoms with Crippen LogP contribution in [0.25, 0.3) is 21.6 Å². The molecule has 0 radical (unpaired) electrons. The number of nitrogen functional groups attached to an aromatic ring is 1. The van der Waals surface area contributed by atoms with Gasteiger partial charge in [0.2, 0.25) is 5.91 Å². The number of benzene rings is 1. The summed E-state index contributed by atoms with van der Waals surface area (Å²) in [5.74, 6) is -0.0823. The highest BCUT2D eigenvalue weighted by atomic mass is 32.1. The molecule has 0 aliphatic rings. The van der Waals surface area contributed by atoms with Crippen molar-refractivity contribution in [2.24, 2.45) is 0 Å². The third kappa shape index (κ3) is 7.11. The second-order valence-electron chi connectivity index (χ2n) is 9.42. The standard InChI is InChI=1S/C27H36N4O3S/c1-27(2,3)24-23(26(28)35-25(24)19-9-11-29-12-10-19)20-7-6-8-21(17-20)30-22(32)18-31(13-15-33-4)14-16-34-5/h6-12,17H,13-16,18,28H2,1-5H3,(H,30,32). The summed E-state index contributed by atoms with van der Waals surface area (Å²) in [6, 6.07) is 11.9. The summed E-state index contributed by atoms with van der Waals surface area (Å²) in [7, 11) is 3.31. The summed E-state index contributed by atoms with van der Waals surface area (Å²) in [5.41, 5.74) is 11.5. The number of aromatic nitrogens is 1. The van der Waals surface area contributed by atoms with Crippen LogP contribution in [0.5, 0.6) is 0 Å². The van der Waals surface area contributed by atoms with Gasteiger partial charge >= 0.3 is 0 Å². The Balaban J connectivity index is 1.89. The van der Waals surface area contributed by atoms with Gasteiger partial charge in [0, 0.05) is 55.8 Å². The Kier molecular flexibility index (Phi) is 9.40. The van der Waals surface area contributed by atoms with Crippen molar-refractivity contribution in [1.29, 1.82) is 0 Å². The Bertz CT molecular complexity index is 1100. The molecule has 0 aliphatic carbocycles. The topological polar surface area (TPSA) is 89.7 Å². The average molecular weight is 497 g/mol. The number of nitrogens with two attached hydrogens (primary N) is 1. The summed E-state index contributed by atoms with van der Waals surface area (Å²) in [6.45, 7) is 9.28. The molecule has 0 spiro atoms. The second-order valence-corrected chi connectivity index (χ2v) is 10.5. The van der Waals surface area contributed by atoms with E-state index in [1.807, 2.05) is 41.3 Å². The number of carbonyl (C=O) groups is 1. The molecule has 0 saturated carbocycles. The number of ether oxygens (including phenoxy) is 2. The Hall–Kier alpha value is -2.78. The molecule has 2 heterocycles. The maximum absolute atomic E-state index is 12.8. The van der Waals surface area contributed by atoms with Gasteiger partial charge in [-0.3, -0.25) is 14.7 Å². The molecule has 3 N–H and O–H groups in total. The van der Waals surface area contributed by atoms with E-state index in [1.54, 1.807) is 38.0 Å². The molecule has 35 heavy (non-hydrogen) atoms. The molecular formula is C27H36N4O3S. The van der Waals surface area contributed by atoms with E-state index >= 15 is 0 Å². The fourth-order valence-corrected chi connectivity index (χ4v) is 5.33. The lowest BCUT2D eigenvalue weighted by molar-refractivity contribution is -0.117. The Morgan fingerprint density at radius 3 is 2.31 bits per heavy atom. The molecule has 0 bridgehead atoms. The van der Waals surface area contributed by atoms with E-state index in [-0.39, 0.29) is 17.9 Å². The average Bonchev–Trinajstić information content (AvgIpc) is 3.19. The number of rotatable bonds is 11. The number of carbonyl (C=O) groups excluding carboxylic acids is 1. The number of nitrogens with zero attached hydrogens (tertiary/aromatic N) is 2. The maximum atomic E-state index is 12.8. The number of methoxy groups -OCH3 is 2. The van der Waals surface area contributed by atoms with Crippen molar-refractivity contribution in [2.75, 3.05) is 58.1 Å². The van der Waals surface area contributed by atoms with Crippen LogP contribution < -0.4 is 11.1 Å². The fourth-order valence-electron chi connectivity index (χ4n) is 4.02. The second kappa shape index (κ2) is 12.3. The van der Waals surface area contributed by atoms with Crippen molar-refractivity contribution in [3.63, 3.8) is 0 Å². The molecule has 0 aliphatic heterocycles. The number of amides is 1. The molecule has 3 aromatic rings. The van der Waals surface area contributed by atoms with Gasteiger partial charge in [-0.1, -0.05) is 32.9 Å². The summed E-state index contributed by atoms with van der Waals surface area (Å²) < 4.78 is 10.3. The number of hydrogen-bond donors (Lipinski definition) is 2. The minimum absolute atomic E-state index is 0.0823. The van der Waals surface area contributed by atoms with Gasteiger partial charge in [0.15, 0.2) is 0 Å². The minimum Gasteiger partial charge on any atom is -0.390 e. The molecule has 1 aromatic carbocycles. The van der Waals surface area contributed by atoms with E-state index in [9.17, 15) is 4.79 Å². The Labute approximate surface area is 212 Å². The molecule has 1 amide bonds. The van der Waals surface area contributed by atoms with E-state index < -0.39 is 0 Å². The van der Waals surface area contributed by atoms with Crippen molar-refractivity contribution < 1.29 is 14.3 Å². The normalized spacial score (nSPS) is 11.7. The summed E-state index contributed by atoms with van der Waals surface area (Å²) in [6.07, 6.45) is 3.60. The van der Waals surface area contributed by atoms with Crippen LogP contribution >= 0.6 is 11.3 Å². The van der Waals surface area contributed by atoms with Crippen molar-refractivity contribution in [3.8, 4) is 21.6 Å². The SMILES string of the molecule is COCCN(CCOC)CC(=O)Nc1cccc(-c2c(N)sc(-c3ccncc3)c2C(C)(C)C)c1. The number of pyridine rings is 1. The van der Waals surface area contributed by atoms with Gasteiger partial charge in [-0.05, 0) is 46.4 Å². The monoisotopic (exact) mass is 496 g/mol. The number of nitrogens with one attached hydrogen (secondary N) is 1. The van der Waals surface area contributed by atoms with Gasteiger partial charge in [-0.25, -0.2) is 0 Å². The highest BCUT2D eigenvalue weighted by Crippen LogP contribution is 2.49. The van der Waals surface area contributed by atoms with Crippen LogP contribution in [0.4, 0.5) is 10.7 Å². The van der Waals surface area contributed by atoms with E-state index in [2.05, 4.69) is 31.1 Å². The summed E-state index contributed by atoms with van der Waals surface area (Å²) in [4.78, 5) is 20.1. The molecule has 3 rings (SSSR count). The first-order chi connectivity index (χ1) is 16.7. The highest BCUT2D eigenvalue weighted by Gasteiger charge is 2.28. The van der Waals surface area contributed by atoms with Crippen LogP contribution in [0, 0.1) is 0 Å².